The third kappa shape index (κ3) is 5.44. The van der Waals surface area contributed by atoms with Crippen molar-refractivity contribution < 1.29 is 31.5 Å². The molecule has 7 nitrogen and oxygen atoms in total. The molecule has 0 saturated heterocycles. The summed E-state index contributed by atoms with van der Waals surface area (Å²) in [5.41, 5.74) is 0.532. The molecule has 37 heavy (non-hydrogen) atoms. The van der Waals surface area contributed by atoms with Crippen molar-refractivity contribution in [3.63, 3.8) is 0 Å². The quantitative estimate of drug-likeness (QED) is 0.314. The number of carbonyl (C=O) groups is 1. The van der Waals surface area contributed by atoms with Gasteiger partial charge in [-0.3, -0.25) is 0 Å². The van der Waals surface area contributed by atoms with Gasteiger partial charge in [0.25, 0.3) is 0 Å². The van der Waals surface area contributed by atoms with Crippen molar-refractivity contribution >= 4 is 21.6 Å². The average molecular weight is 525 g/mol. The fraction of sp³-hybridized carbons (Fsp3) is 0.111. The van der Waals surface area contributed by atoms with Gasteiger partial charge in [0.1, 0.15) is 28.8 Å². The van der Waals surface area contributed by atoms with E-state index in [1.54, 1.807) is 18.2 Å². The molecule has 0 aliphatic heterocycles. The number of esters is 1. The van der Waals surface area contributed by atoms with Crippen LogP contribution in [0.3, 0.4) is 0 Å². The third-order valence-electron chi connectivity index (χ3n) is 5.63. The van der Waals surface area contributed by atoms with Crippen LogP contribution >= 0.6 is 0 Å². The minimum Gasteiger partial charge on any atom is -0.497 e. The van der Waals surface area contributed by atoms with Gasteiger partial charge in [-0.25, -0.2) is 27.0 Å². The summed E-state index contributed by atoms with van der Waals surface area (Å²) in [5.74, 6) is -1.45. The summed E-state index contributed by atoms with van der Waals surface area (Å²) in [5, 5.41) is 2.95. The number of halogens is 2. The van der Waals surface area contributed by atoms with Gasteiger partial charge in [-0.2, -0.15) is 0 Å². The number of rotatable bonds is 8. The molecular weight excluding hydrogens is 502 g/mol. The van der Waals surface area contributed by atoms with Crippen molar-refractivity contribution in [1.82, 2.24) is 4.98 Å². The second-order valence-corrected chi connectivity index (χ2v) is 9.82. The van der Waals surface area contributed by atoms with E-state index in [4.69, 9.17) is 4.74 Å². The summed E-state index contributed by atoms with van der Waals surface area (Å²) >= 11 is 0. The molecule has 0 atom stereocenters. The van der Waals surface area contributed by atoms with Crippen molar-refractivity contribution in [2.24, 2.45) is 0 Å². The highest BCUT2D eigenvalue weighted by molar-refractivity contribution is 7.91. The molecular formula is C27H22F2N2O5S. The van der Waals surface area contributed by atoms with Gasteiger partial charge >= 0.3 is 5.97 Å². The predicted octanol–water partition coefficient (Wildman–Crippen LogP) is 5.27. The van der Waals surface area contributed by atoms with Crippen LogP contribution < -0.4 is 10.1 Å². The van der Waals surface area contributed by atoms with Gasteiger partial charge in [0.05, 0.1) is 24.0 Å². The lowest BCUT2D eigenvalue weighted by Crippen LogP contribution is -2.08. The van der Waals surface area contributed by atoms with E-state index in [1.807, 2.05) is 0 Å². The van der Waals surface area contributed by atoms with Gasteiger partial charge < -0.3 is 14.8 Å². The van der Waals surface area contributed by atoms with Crippen molar-refractivity contribution in [3.8, 4) is 16.9 Å². The minimum atomic E-state index is -3.80. The number of nitrogens with zero attached hydrogens (tertiary/aromatic N) is 1. The van der Waals surface area contributed by atoms with E-state index < -0.39 is 27.4 Å². The first-order valence-electron chi connectivity index (χ1n) is 11.0. The zero-order valence-corrected chi connectivity index (χ0v) is 20.7. The van der Waals surface area contributed by atoms with Crippen LogP contribution in [0.25, 0.3) is 11.1 Å². The van der Waals surface area contributed by atoms with Gasteiger partial charge in [-0.05, 0) is 53.6 Å². The van der Waals surface area contributed by atoms with Gasteiger partial charge in [0.2, 0.25) is 9.84 Å². The van der Waals surface area contributed by atoms with Crippen LogP contribution in [-0.4, -0.2) is 33.6 Å². The topological polar surface area (TPSA) is 94.6 Å². The number of sulfone groups is 1. The number of hydrogen-bond donors (Lipinski definition) is 1. The molecule has 0 aliphatic carbocycles. The molecule has 0 spiro atoms. The molecule has 1 N–H and O–H groups in total. The molecule has 1 heterocycles. The Labute approximate surface area is 212 Å². The zero-order chi connectivity index (χ0) is 26.6. The number of aromatic nitrogens is 1. The van der Waals surface area contributed by atoms with Crippen LogP contribution in [0, 0.1) is 11.6 Å². The SMILES string of the molecule is COC(=O)c1c(F)cccc1-c1ccc(CNc2ccc(S(=O)(=O)c3cccc(OC)c3)cn2)c(F)c1. The van der Waals surface area contributed by atoms with E-state index in [9.17, 15) is 22.0 Å². The molecule has 0 aliphatic rings. The van der Waals surface area contributed by atoms with Crippen molar-refractivity contribution in [1.29, 1.82) is 0 Å². The van der Waals surface area contributed by atoms with Crippen molar-refractivity contribution in [3.05, 3.63) is 102 Å². The number of carbonyl (C=O) groups excluding carboxylic acids is 1. The fourth-order valence-electron chi connectivity index (χ4n) is 3.67. The number of hydrogen-bond acceptors (Lipinski definition) is 7. The van der Waals surface area contributed by atoms with E-state index in [2.05, 4.69) is 15.0 Å². The van der Waals surface area contributed by atoms with Gasteiger partial charge in [-0.15, -0.1) is 0 Å². The fourth-order valence-corrected chi connectivity index (χ4v) is 4.91. The molecule has 0 radical (unpaired) electrons. The predicted molar refractivity (Wildman–Crippen MR) is 133 cm³/mol. The smallest absolute Gasteiger partial charge is 0.341 e. The highest BCUT2D eigenvalue weighted by Gasteiger charge is 2.20. The Hall–Kier alpha value is -4.31. The molecule has 0 amide bonds. The van der Waals surface area contributed by atoms with Crippen LogP contribution in [0.5, 0.6) is 5.75 Å². The van der Waals surface area contributed by atoms with Crippen LogP contribution in [0.15, 0.2) is 88.8 Å². The van der Waals surface area contributed by atoms with E-state index in [-0.39, 0.29) is 33.0 Å². The molecule has 0 saturated carbocycles. The van der Waals surface area contributed by atoms with Crippen molar-refractivity contribution in [2.75, 3.05) is 19.5 Å². The Morgan fingerprint density at radius 3 is 2.38 bits per heavy atom. The first-order valence-corrected chi connectivity index (χ1v) is 12.5. The Balaban J connectivity index is 1.50. The summed E-state index contributed by atoms with van der Waals surface area (Å²) in [6, 6.07) is 17.3. The molecule has 0 unspecified atom stereocenters. The van der Waals surface area contributed by atoms with E-state index >= 15 is 0 Å². The molecule has 190 valence electrons. The second kappa shape index (κ2) is 10.8. The monoisotopic (exact) mass is 524 g/mol. The lowest BCUT2D eigenvalue weighted by molar-refractivity contribution is 0.0596. The summed E-state index contributed by atoms with van der Waals surface area (Å²) in [4.78, 5) is 16.2. The van der Waals surface area contributed by atoms with E-state index in [0.717, 1.165) is 13.2 Å². The second-order valence-electron chi connectivity index (χ2n) is 7.88. The molecule has 4 aromatic rings. The number of nitrogens with one attached hydrogen (secondary N) is 1. The Kier molecular flexibility index (Phi) is 7.49. The molecule has 0 bridgehead atoms. The number of pyridine rings is 1. The Bertz CT molecular complexity index is 1560. The maximum absolute atomic E-state index is 14.9. The number of methoxy groups -OCH3 is 2. The first-order chi connectivity index (χ1) is 17.7. The molecule has 10 heteroatoms. The minimum absolute atomic E-state index is 0.00154. The summed E-state index contributed by atoms with van der Waals surface area (Å²) < 4.78 is 64.6. The van der Waals surface area contributed by atoms with E-state index in [0.29, 0.717) is 17.1 Å². The molecule has 4 rings (SSSR count). The average Bonchev–Trinajstić information content (AvgIpc) is 2.92. The number of anilines is 1. The number of ether oxygens (including phenoxy) is 2. The summed E-state index contributed by atoms with van der Waals surface area (Å²) in [7, 11) is -1.21. The lowest BCUT2D eigenvalue weighted by Gasteiger charge is -2.12. The normalized spacial score (nSPS) is 11.1. The maximum atomic E-state index is 14.9. The van der Waals surface area contributed by atoms with Gasteiger partial charge in [0.15, 0.2) is 0 Å². The van der Waals surface area contributed by atoms with E-state index in [1.165, 1.54) is 61.8 Å². The maximum Gasteiger partial charge on any atom is 0.341 e. The summed E-state index contributed by atoms with van der Waals surface area (Å²) in [6.07, 6.45) is 1.22. The first kappa shape index (κ1) is 25.8. The van der Waals surface area contributed by atoms with Gasteiger partial charge in [-0.1, -0.05) is 30.3 Å². The zero-order valence-electron chi connectivity index (χ0n) is 19.9. The van der Waals surface area contributed by atoms with Crippen LogP contribution in [0.4, 0.5) is 14.6 Å². The molecule has 3 aromatic carbocycles. The number of benzene rings is 3. The van der Waals surface area contributed by atoms with Gasteiger partial charge in [0, 0.05) is 18.3 Å². The van der Waals surface area contributed by atoms with Crippen LogP contribution in [0.2, 0.25) is 0 Å². The standard InChI is InChI=1S/C27H22F2N2O5S/c1-35-19-5-3-6-20(14-19)37(33,34)21-11-12-25(31-16-21)30-15-18-10-9-17(13-24(18)29)22-7-4-8-23(28)26(22)27(32)36-2/h3-14,16H,15H2,1-2H3,(H,30,31). The summed E-state index contributed by atoms with van der Waals surface area (Å²) in [6.45, 7) is 0.0497. The Morgan fingerprint density at radius 2 is 1.70 bits per heavy atom. The lowest BCUT2D eigenvalue weighted by atomic mass is 9.98. The third-order valence-corrected chi connectivity index (χ3v) is 7.36. The van der Waals surface area contributed by atoms with Crippen LogP contribution in [-0.2, 0) is 21.1 Å². The Morgan fingerprint density at radius 1 is 0.919 bits per heavy atom. The highest BCUT2D eigenvalue weighted by atomic mass is 32.2. The van der Waals surface area contributed by atoms with Crippen LogP contribution in [0.1, 0.15) is 15.9 Å². The highest BCUT2D eigenvalue weighted by Crippen LogP contribution is 2.29. The largest absolute Gasteiger partial charge is 0.497 e. The van der Waals surface area contributed by atoms with Crippen molar-refractivity contribution in [2.45, 2.75) is 16.3 Å². The molecule has 0 fully saturated rings. The molecule has 1 aromatic heterocycles.